The van der Waals surface area contributed by atoms with E-state index in [1.165, 1.54) is 29.1 Å². The third-order valence-corrected chi connectivity index (χ3v) is 6.68. The molecule has 1 aromatic carbocycles. The Kier molecular flexibility index (Phi) is 4.54. The average molecular weight is 430 g/mol. The van der Waals surface area contributed by atoms with Crippen LogP contribution in [-0.4, -0.2) is 43.7 Å². The number of halogens is 2. The maximum absolute atomic E-state index is 13.8. The number of carbonyl (C=O) groups is 1. The first-order chi connectivity index (χ1) is 14.4. The lowest BCUT2D eigenvalue weighted by atomic mass is 9.96. The number of rotatable bonds is 3. The number of nitrogens with one attached hydrogen (secondary N) is 2. The number of piperidine rings is 1. The number of amides is 1. The molecule has 30 heavy (non-hydrogen) atoms. The molecule has 4 heterocycles. The average Bonchev–Trinajstić information content (AvgIpc) is 3.18. The summed E-state index contributed by atoms with van der Waals surface area (Å²) in [6, 6.07) is 6.06. The lowest BCUT2D eigenvalue weighted by Gasteiger charge is -2.39. The van der Waals surface area contributed by atoms with Crippen molar-refractivity contribution >= 4 is 34.1 Å². The third-order valence-electron chi connectivity index (χ3n) is 6.23. The van der Waals surface area contributed by atoms with Crippen molar-refractivity contribution in [3.05, 3.63) is 57.3 Å². The van der Waals surface area contributed by atoms with E-state index in [9.17, 15) is 14.0 Å². The zero-order valence-corrected chi connectivity index (χ0v) is 17.1. The molecule has 0 spiro atoms. The van der Waals surface area contributed by atoms with Gasteiger partial charge in [-0.25, -0.2) is 4.39 Å². The van der Waals surface area contributed by atoms with E-state index in [0.29, 0.717) is 27.3 Å². The van der Waals surface area contributed by atoms with E-state index >= 15 is 0 Å². The van der Waals surface area contributed by atoms with Crippen LogP contribution >= 0.6 is 11.6 Å². The molecule has 2 fully saturated rings. The smallest absolute Gasteiger partial charge is 0.259 e. The van der Waals surface area contributed by atoms with Crippen molar-refractivity contribution in [1.82, 2.24) is 19.7 Å². The molecule has 2 bridgehead atoms. The molecule has 2 aliphatic rings. The van der Waals surface area contributed by atoms with E-state index < -0.39 is 0 Å². The first-order valence-electron chi connectivity index (χ1n) is 10.00. The number of nitrogens with zero attached hydrogens (tertiary/aromatic N) is 3. The minimum absolute atomic E-state index is 0.0808. The van der Waals surface area contributed by atoms with Crippen molar-refractivity contribution in [3.63, 3.8) is 0 Å². The van der Waals surface area contributed by atoms with Crippen molar-refractivity contribution in [2.75, 3.05) is 5.32 Å². The highest BCUT2D eigenvalue weighted by Crippen LogP contribution is 2.39. The van der Waals surface area contributed by atoms with Gasteiger partial charge in [0.25, 0.3) is 5.91 Å². The van der Waals surface area contributed by atoms with Crippen molar-refractivity contribution in [2.24, 2.45) is 7.05 Å². The maximum atomic E-state index is 13.8. The highest BCUT2D eigenvalue weighted by atomic mass is 35.5. The van der Waals surface area contributed by atoms with Crippen LogP contribution in [0.3, 0.4) is 0 Å². The van der Waals surface area contributed by atoms with Gasteiger partial charge in [-0.2, -0.15) is 5.10 Å². The SMILES string of the molecule is Cn1ncc(C(=O)N2[C@@H]3CC[C@H]2CC(Nc2cc(=O)[nH]c4ccc(F)cc24)C3)c1Cl. The number of benzene rings is 1. The molecule has 9 heteroatoms. The van der Waals surface area contributed by atoms with Crippen molar-refractivity contribution in [1.29, 1.82) is 0 Å². The predicted molar refractivity (Wildman–Crippen MR) is 112 cm³/mol. The molecule has 7 nitrogen and oxygen atoms in total. The normalized spacial score (nSPS) is 23.2. The maximum Gasteiger partial charge on any atom is 0.259 e. The molecular formula is C21H21ClFN5O2. The topological polar surface area (TPSA) is 83.0 Å². The van der Waals surface area contributed by atoms with Gasteiger partial charge in [0.2, 0.25) is 5.56 Å². The quantitative estimate of drug-likeness (QED) is 0.669. The van der Waals surface area contributed by atoms with Crippen LogP contribution in [0.15, 0.2) is 35.3 Å². The Morgan fingerprint density at radius 1 is 1.27 bits per heavy atom. The van der Waals surface area contributed by atoms with Gasteiger partial charge in [0.05, 0.1) is 17.3 Å². The van der Waals surface area contributed by atoms with E-state index in [4.69, 9.17) is 11.6 Å². The second kappa shape index (κ2) is 7.12. The van der Waals surface area contributed by atoms with Crippen LogP contribution in [-0.2, 0) is 7.05 Å². The molecule has 2 aromatic heterocycles. The summed E-state index contributed by atoms with van der Waals surface area (Å²) < 4.78 is 15.3. The first kappa shape index (κ1) is 19.1. The standard InChI is InChI=1S/C21H21ClFN5O2/c1-27-20(22)16(10-24-27)21(30)28-13-3-4-14(28)8-12(7-13)25-18-9-19(29)26-17-5-2-11(23)6-15(17)18/h2,5-6,9-10,12-14H,3-4,7-8H2,1H3,(H2,25,26,29)/t12?,13-,14+. The van der Waals surface area contributed by atoms with Crippen LogP contribution < -0.4 is 10.9 Å². The molecule has 2 N–H and O–H groups in total. The molecule has 5 rings (SSSR count). The number of anilines is 1. The number of hydrogen-bond donors (Lipinski definition) is 2. The molecule has 3 aromatic rings. The molecular weight excluding hydrogens is 409 g/mol. The lowest BCUT2D eigenvalue weighted by molar-refractivity contribution is 0.0583. The van der Waals surface area contributed by atoms with Crippen LogP contribution in [0.5, 0.6) is 0 Å². The fourth-order valence-electron chi connectivity index (χ4n) is 4.90. The Morgan fingerprint density at radius 2 is 2.00 bits per heavy atom. The van der Waals surface area contributed by atoms with Gasteiger partial charge < -0.3 is 15.2 Å². The Bertz CT molecular complexity index is 1190. The van der Waals surface area contributed by atoms with Crippen molar-refractivity contribution in [2.45, 2.75) is 43.8 Å². The van der Waals surface area contributed by atoms with Crippen LogP contribution in [0.1, 0.15) is 36.0 Å². The number of carbonyl (C=O) groups excluding carboxylic acids is 1. The van der Waals surface area contributed by atoms with Gasteiger partial charge in [0, 0.05) is 42.3 Å². The fraction of sp³-hybridized carbons (Fsp3) is 0.381. The second-order valence-electron chi connectivity index (χ2n) is 8.12. The first-order valence-corrected chi connectivity index (χ1v) is 10.4. The molecule has 1 unspecified atom stereocenters. The highest BCUT2D eigenvalue weighted by Gasteiger charge is 2.44. The van der Waals surface area contributed by atoms with Gasteiger partial charge in [0.15, 0.2) is 0 Å². The number of pyridine rings is 1. The predicted octanol–water partition coefficient (Wildman–Crippen LogP) is 3.30. The summed E-state index contributed by atoms with van der Waals surface area (Å²) in [7, 11) is 1.71. The number of aromatic nitrogens is 3. The van der Waals surface area contributed by atoms with Gasteiger partial charge in [-0.3, -0.25) is 14.3 Å². The summed E-state index contributed by atoms with van der Waals surface area (Å²) in [5.41, 5.74) is 1.40. The summed E-state index contributed by atoms with van der Waals surface area (Å²) in [4.78, 5) is 29.8. The molecule has 2 saturated heterocycles. The lowest BCUT2D eigenvalue weighted by Crippen LogP contribution is -2.49. The Labute approximate surface area is 176 Å². The largest absolute Gasteiger partial charge is 0.381 e. The monoisotopic (exact) mass is 429 g/mol. The molecule has 0 aliphatic carbocycles. The molecule has 1 amide bonds. The molecule has 156 valence electrons. The van der Waals surface area contributed by atoms with Crippen LogP contribution in [0.2, 0.25) is 5.15 Å². The summed E-state index contributed by atoms with van der Waals surface area (Å²) in [6.07, 6.45) is 4.88. The van der Waals surface area contributed by atoms with Crippen LogP contribution in [0.4, 0.5) is 10.1 Å². The third kappa shape index (κ3) is 3.15. The minimum Gasteiger partial charge on any atom is -0.381 e. The van der Waals surface area contributed by atoms with Gasteiger partial charge in [0.1, 0.15) is 11.0 Å². The zero-order chi connectivity index (χ0) is 21.0. The fourth-order valence-corrected chi connectivity index (χ4v) is 5.07. The van der Waals surface area contributed by atoms with Crippen LogP contribution in [0, 0.1) is 5.82 Å². The number of fused-ring (bicyclic) bond motifs is 3. The molecule has 0 radical (unpaired) electrons. The number of aryl methyl sites for hydroxylation is 1. The molecule has 2 aliphatic heterocycles. The zero-order valence-electron chi connectivity index (χ0n) is 16.4. The number of hydrogen-bond acceptors (Lipinski definition) is 4. The number of aromatic amines is 1. The number of H-pyrrole nitrogens is 1. The molecule has 0 saturated carbocycles. The van der Waals surface area contributed by atoms with Gasteiger partial charge in [-0.15, -0.1) is 0 Å². The van der Waals surface area contributed by atoms with Gasteiger partial charge in [-0.1, -0.05) is 11.6 Å². The van der Waals surface area contributed by atoms with E-state index in [0.717, 1.165) is 25.7 Å². The second-order valence-corrected chi connectivity index (χ2v) is 8.48. The molecule has 3 atom stereocenters. The van der Waals surface area contributed by atoms with Gasteiger partial charge in [-0.05, 0) is 43.9 Å². The summed E-state index contributed by atoms with van der Waals surface area (Å²) >= 11 is 6.24. The van der Waals surface area contributed by atoms with Gasteiger partial charge >= 0.3 is 0 Å². The van der Waals surface area contributed by atoms with Crippen LogP contribution in [0.25, 0.3) is 10.9 Å². The summed E-state index contributed by atoms with van der Waals surface area (Å²) in [6.45, 7) is 0. The van der Waals surface area contributed by atoms with E-state index in [2.05, 4.69) is 15.4 Å². The van der Waals surface area contributed by atoms with Crippen molar-refractivity contribution in [3.8, 4) is 0 Å². The summed E-state index contributed by atoms with van der Waals surface area (Å²) in [5, 5.41) is 8.51. The van der Waals surface area contributed by atoms with E-state index in [-0.39, 0.29) is 35.4 Å². The highest BCUT2D eigenvalue weighted by molar-refractivity contribution is 6.32. The summed E-state index contributed by atoms with van der Waals surface area (Å²) in [5.74, 6) is -0.436. The Hall–Kier alpha value is -2.87. The Morgan fingerprint density at radius 3 is 2.67 bits per heavy atom. The van der Waals surface area contributed by atoms with E-state index in [1.54, 1.807) is 13.1 Å². The van der Waals surface area contributed by atoms with Crippen molar-refractivity contribution < 1.29 is 9.18 Å². The van der Waals surface area contributed by atoms with E-state index in [1.807, 2.05) is 4.90 Å². The Balaban J connectivity index is 1.39. The minimum atomic E-state index is -0.355.